The zero-order chi connectivity index (χ0) is 14.6. The van der Waals surface area contributed by atoms with Gasteiger partial charge in [0.05, 0.1) is 0 Å². The minimum Gasteiger partial charge on any atom is -0.356 e. The molecule has 20 heavy (non-hydrogen) atoms. The van der Waals surface area contributed by atoms with Gasteiger partial charge in [0, 0.05) is 18.7 Å². The van der Waals surface area contributed by atoms with Gasteiger partial charge >= 0.3 is 0 Å². The molecule has 1 saturated heterocycles. The molecular weight excluding hydrogens is 250 g/mol. The minimum atomic E-state index is 0.449. The normalized spacial score (nSPS) is 17.5. The highest BCUT2D eigenvalue weighted by molar-refractivity contribution is 5.59. The van der Waals surface area contributed by atoms with Crippen LogP contribution in [-0.2, 0) is 6.42 Å². The second-order valence-electron chi connectivity index (χ2n) is 5.80. The first-order valence-electron chi connectivity index (χ1n) is 7.75. The van der Waals surface area contributed by atoms with Crippen molar-refractivity contribution in [2.45, 2.75) is 52.9 Å². The molecule has 0 radical (unpaired) electrons. The van der Waals surface area contributed by atoms with Gasteiger partial charge < -0.3 is 10.3 Å². The molecule has 0 bridgehead atoms. The van der Waals surface area contributed by atoms with Crippen LogP contribution >= 0.6 is 0 Å². The Morgan fingerprint density at radius 2 is 2.05 bits per heavy atom. The Morgan fingerprint density at radius 1 is 1.30 bits per heavy atom. The van der Waals surface area contributed by atoms with E-state index in [0.29, 0.717) is 5.41 Å². The summed E-state index contributed by atoms with van der Waals surface area (Å²) in [5.41, 5.74) is 4.32. The molecule has 0 aromatic carbocycles. The Morgan fingerprint density at radius 3 is 2.60 bits per heavy atom. The molecule has 2 heterocycles. The fraction of sp³-hybridized carbons (Fsp3) is 0.733. The highest BCUT2D eigenvalue weighted by atomic mass is 15.3. The van der Waals surface area contributed by atoms with Gasteiger partial charge in [-0.2, -0.15) is 0 Å². The third kappa shape index (κ3) is 2.73. The first-order valence-corrected chi connectivity index (χ1v) is 7.75. The number of nitrogens with two attached hydrogens (primary N) is 1. The molecule has 112 valence electrons. The van der Waals surface area contributed by atoms with Gasteiger partial charge in [-0.1, -0.05) is 27.2 Å². The molecule has 0 atom stereocenters. The molecule has 1 aliphatic rings. The molecule has 1 aromatic rings. The molecule has 0 amide bonds. The smallest absolute Gasteiger partial charge is 0.148 e. The lowest BCUT2D eigenvalue weighted by Crippen LogP contribution is -2.28. The van der Waals surface area contributed by atoms with E-state index in [4.69, 9.17) is 5.84 Å². The summed E-state index contributed by atoms with van der Waals surface area (Å²) in [5, 5.41) is 0. The van der Waals surface area contributed by atoms with E-state index in [1.165, 1.54) is 19.3 Å². The molecule has 0 spiro atoms. The van der Waals surface area contributed by atoms with Crippen molar-refractivity contribution < 1.29 is 0 Å². The molecule has 5 heteroatoms. The molecule has 1 fully saturated rings. The lowest BCUT2D eigenvalue weighted by Gasteiger charge is -2.27. The molecule has 1 aromatic heterocycles. The van der Waals surface area contributed by atoms with E-state index in [2.05, 4.69) is 41.1 Å². The van der Waals surface area contributed by atoms with Crippen LogP contribution in [0.4, 0.5) is 11.6 Å². The van der Waals surface area contributed by atoms with Crippen LogP contribution in [0.2, 0.25) is 0 Å². The van der Waals surface area contributed by atoms with E-state index in [9.17, 15) is 0 Å². The average Bonchev–Trinajstić information content (AvgIpc) is 2.93. The topological polar surface area (TPSA) is 67.1 Å². The predicted octanol–water partition coefficient (Wildman–Crippen LogP) is 2.73. The van der Waals surface area contributed by atoms with Crippen molar-refractivity contribution in [2.75, 3.05) is 23.4 Å². The molecule has 0 saturated carbocycles. The monoisotopic (exact) mass is 277 g/mol. The van der Waals surface area contributed by atoms with Crippen molar-refractivity contribution in [3.05, 3.63) is 11.9 Å². The van der Waals surface area contributed by atoms with Crippen LogP contribution in [-0.4, -0.2) is 23.1 Å². The van der Waals surface area contributed by atoms with Gasteiger partial charge in [0.1, 0.15) is 18.0 Å². The van der Waals surface area contributed by atoms with E-state index in [1.54, 1.807) is 6.33 Å². The third-order valence-corrected chi connectivity index (χ3v) is 4.80. The van der Waals surface area contributed by atoms with Gasteiger partial charge in [0.2, 0.25) is 0 Å². The number of nitrogen functional groups attached to an aromatic ring is 1. The lowest BCUT2D eigenvalue weighted by atomic mass is 9.82. The number of hydrogen-bond donors (Lipinski definition) is 2. The van der Waals surface area contributed by atoms with Crippen molar-refractivity contribution in [1.29, 1.82) is 0 Å². The molecule has 3 N–H and O–H groups in total. The Balaban J connectivity index is 2.29. The summed E-state index contributed by atoms with van der Waals surface area (Å²) in [5.74, 6) is 7.43. The SMILES string of the molecule is CCCc1c(NN)ncnc1N1CCC(CC)(CC)C1. The quantitative estimate of drug-likeness (QED) is 0.618. The van der Waals surface area contributed by atoms with Crippen LogP contribution in [0.3, 0.4) is 0 Å². The summed E-state index contributed by atoms with van der Waals surface area (Å²) >= 11 is 0. The van der Waals surface area contributed by atoms with Crippen LogP contribution < -0.4 is 16.2 Å². The van der Waals surface area contributed by atoms with Gasteiger partial charge in [0.25, 0.3) is 0 Å². The first-order chi connectivity index (χ1) is 9.69. The Hall–Kier alpha value is -1.36. The number of anilines is 2. The highest BCUT2D eigenvalue weighted by Gasteiger charge is 2.36. The number of aromatic nitrogens is 2. The van der Waals surface area contributed by atoms with Crippen molar-refractivity contribution >= 4 is 11.6 Å². The van der Waals surface area contributed by atoms with E-state index in [1.807, 2.05) is 0 Å². The van der Waals surface area contributed by atoms with Gasteiger partial charge in [-0.25, -0.2) is 15.8 Å². The molecule has 0 aliphatic carbocycles. The third-order valence-electron chi connectivity index (χ3n) is 4.80. The van der Waals surface area contributed by atoms with E-state index in [0.717, 1.165) is 43.1 Å². The average molecular weight is 277 g/mol. The van der Waals surface area contributed by atoms with Crippen LogP contribution in [0.5, 0.6) is 0 Å². The van der Waals surface area contributed by atoms with Crippen LogP contribution in [0.1, 0.15) is 52.0 Å². The van der Waals surface area contributed by atoms with Crippen molar-refractivity contribution in [1.82, 2.24) is 9.97 Å². The van der Waals surface area contributed by atoms with E-state index < -0.39 is 0 Å². The van der Waals surface area contributed by atoms with Gasteiger partial charge in [0.15, 0.2) is 0 Å². The molecule has 0 unspecified atom stereocenters. The van der Waals surface area contributed by atoms with Crippen LogP contribution in [0, 0.1) is 5.41 Å². The van der Waals surface area contributed by atoms with Crippen LogP contribution in [0.25, 0.3) is 0 Å². The van der Waals surface area contributed by atoms with E-state index >= 15 is 0 Å². The first kappa shape index (κ1) is 15.0. The lowest BCUT2D eigenvalue weighted by molar-refractivity contribution is 0.301. The van der Waals surface area contributed by atoms with Crippen molar-refractivity contribution in [3.63, 3.8) is 0 Å². The number of hydrogen-bond acceptors (Lipinski definition) is 5. The van der Waals surface area contributed by atoms with Gasteiger partial charge in [-0.15, -0.1) is 0 Å². The van der Waals surface area contributed by atoms with Gasteiger partial charge in [-0.05, 0) is 31.1 Å². The van der Waals surface area contributed by atoms with Gasteiger partial charge in [-0.3, -0.25) is 0 Å². The van der Waals surface area contributed by atoms with Crippen molar-refractivity contribution in [2.24, 2.45) is 11.3 Å². The maximum absolute atomic E-state index is 5.60. The van der Waals surface area contributed by atoms with Crippen LogP contribution in [0.15, 0.2) is 6.33 Å². The summed E-state index contributed by atoms with van der Waals surface area (Å²) in [6.07, 6.45) is 7.35. The summed E-state index contributed by atoms with van der Waals surface area (Å²) < 4.78 is 0. The largest absolute Gasteiger partial charge is 0.356 e. The standard InChI is InChI=1S/C15H27N5/c1-4-7-12-13(19-16)17-11-18-14(12)20-9-8-15(5-2,6-3)10-20/h11H,4-10,16H2,1-3H3,(H,17,18,19). The fourth-order valence-electron chi connectivity index (χ4n) is 3.22. The van der Waals surface area contributed by atoms with E-state index in [-0.39, 0.29) is 0 Å². The Kier molecular flexibility index (Phi) is 4.81. The summed E-state index contributed by atoms with van der Waals surface area (Å²) in [6, 6.07) is 0. The molecule has 2 rings (SSSR count). The second kappa shape index (κ2) is 6.39. The predicted molar refractivity (Wildman–Crippen MR) is 83.7 cm³/mol. The summed E-state index contributed by atoms with van der Waals surface area (Å²) in [7, 11) is 0. The molecule has 5 nitrogen and oxygen atoms in total. The second-order valence-corrected chi connectivity index (χ2v) is 5.80. The summed E-state index contributed by atoms with van der Waals surface area (Å²) in [6.45, 7) is 8.94. The number of nitrogens with zero attached hydrogens (tertiary/aromatic N) is 3. The zero-order valence-corrected chi connectivity index (χ0v) is 12.9. The minimum absolute atomic E-state index is 0.449. The number of rotatable bonds is 6. The molecule has 1 aliphatic heterocycles. The number of nitrogens with one attached hydrogen (secondary N) is 1. The maximum Gasteiger partial charge on any atom is 0.148 e. The fourth-order valence-corrected chi connectivity index (χ4v) is 3.22. The number of hydrazine groups is 1. The molecular formula is C15H27N5. The maximum atomic E-state index is 5.60. The Labute approximate surface area is 121 Å². The zero-order valence-electron chi connectivity index (χ0n) is 12.9. The summed E-state index contributed by atoms with van der Waals surface area (Å²) in [4.78, 5) is 11.2. The van der Waals surface area contributed by atoms with Crippen molar-refractivity contribution in [3.8, 4) is 0 Å². The highest BCUT2D eigenvalue weighted by Crippen LogP contribution is 2.40. The Bertz CT molecular complexity index is 442.